The molecule has 4 nitrogen and oxygen atoms in total. The van der Waals surface area contributed by atoms with Crippen molar-refractivity contribution in [3.63, 3.8) is 0 Å². The molecule has 2 N–H and O–H groups in total. The number of hydrogen-bond donors (Lipinski definition) is 1. The SMILES string of the molecule is Nc1c(-c2ccncc2)c(-c2ccc(F)cc2)nn1-c1ccccc1. The molecule has 2 aromatic carbocycles. The molecule has 0 saturated carbocycles. The highest BCUT2D eigenvalue weighted by atomic mass is 19.1. The molecule has 2 heterocycles. The highest BCUT2D eigenvalue weighted by molar-refractivity contribution is 5.88. The Bertz CT molecular complexity index is 993. The van der Waals surface area contributed by atoms with E-state index in [-0.39, 0.29) is 5.82 Å². The second-order valence-corrected chi connectivity index (χ2v) is 5.60. The lowest BCUT2D eigenvalue weighted by Crippen LogP contribution is -2.01. The molecule has 25 heavy (non-hydrogen) atoms. The Balaban J connectivity index is 1.97. The van der Waals surface area contributed by atoms with Crippen LogP contribution in [0.5, 0.6) is 0 Å². The second-order valence-electron chi connectivity index (χ2n) is 5.60. The molecule has 5 heteroatoms. The number of nitrogens with zero attached hydrogens (tertiary/aromatic N) is 3. The summed E-state index contributed by atoms with van der Waals surface area (Å²) in [4.78, 5) is 4.06. The van der Waals surface area contributed by atoms with Crippen LogP contribution in [0.25, 0.3) is 28.1 Å². The van der Waals surface area contributed by atoms with E-state index in [1.807, 2.05) is 42.5 Å². The molecule has 2 aromatic heterocycles. The molecular formula is C20H15FN4. The zero-order valence-corrected chi connectivity index (χ0v) is 13.3. The summed E-state index contributed by atoms with van der Waals surface area (Å²) in [6.07, 6.45) is 3.42. The first kappa shape index (κ1) is 15.1. The van der Waals surface area contributed by atoms with Crippen molar-refractivity contribution in [2.24, 2.45) is 0 Å². The molecule has 0 aliphatic heterocycles. The average Bonchev–Trinajstić information content (AvgIpc) is 3.01. The molecule has 0 aliphatic rings. The van der Waals surface area contributed by atoms with Gasteiger partial charge in [-0.05, 0) is 54.1 Å². The first-order chi connectivity index (χ1) is 12.2. The molecule has 0 unspecified atom stereocenters. The first-order valence-corrected chi connectivity index (χ1v) is 7.84. The van der Waals surface area contributed by atoms with Crippen LogP contribution in [0, 0.1) is 5.82 Å². The van der Waals surface area contributed by atoms with Gasteiger partial charge in [-0.1, -0.05) is 18.2 Å². The van der Waals surface area contributed by atoms with Gasteiger partial charge in [-0.25, -0.2) is 9.07 Å². The predicted octanol–water partition coefficient (Wildman–Crippen LogP) is 4.32. The number of nitrogen functional groups attached to an aromatic ring is 1. The molecule has 0 amide bonds. The molecule has 0 aliphatic carbocycles. The van der Waals surface area contributed by atoms with Crippen LogP contribution < -0.4 is 5.73 Å². The minimum absolute atomic E-state index is 0.287. The van der Waals surface area contributed by atoms with Gasteiger partial charge in [-0.2, -0.15) is 5.10 Å². The molecular weight excluding hydrogens is 315 g/mol. The van der Waals surface area contributed by atoms with Crippen LogP contribution >= 0.6 is 0 Å². The summed E-state index contributed by atoms with van der Waals surface area (Å²) in [6.45, 7) is 0. The highest BCUT2D eigenvalue weighted by Crippen LogP contribution is 2.37. The van der Waals surface area contributed by atoms with Gasteiger partial charge in [0, 0.05) is 18.0 Å². The number of nitrogens with two attached hydrogens (primary N) is 1. The van der Waals surface area contributed by atoms with Crippen LogP contribution in [0.2, 0.25) is 0 Å². The Hall–Kier alpha value is -3.47. The van der Waals surface area contributed by atoms with Gasteiger partial charge in [0.1, 0.15) is 17.3 Å². The lowest BCUT2D eigenvalue weighted by molar-refractivity contribution is 0.628. The minimum atomic E-state index is -0.287. The molecule has 0 atom stereocenters. The lowest BCUT2D eigenvalue weighted by Gasteiger charge is -2.05. The van der Waals surface area contributed by atoms with Crippen molar-refractivity contribution in [1.82, 2.24) is 14.8 Å². The summed E-state index contributed by atoms with van der Waals surface area (Å²) >= 11 is 0. The summed E-state index contributed by atoms with van der Waals surface area (Å²) in [5.41, 5.74) is 10.5. The Morgan fingerprint density at radius 1 is 0.800 bits per heavy atom. The van der Waals surface area contributed by atoms with Crippen LogP contribution in [0.4, 0.5) is 10.2 Å². The fourth-order valence-corrected chi connectivity index (χ4v) is 2.81. The third kappa shape index (κ3) is 2.76. The van der Waals surface area contributed by atoms with Crippen LogP contribution in [-0.4, -0.2) is 14.8 Å². The Labute approximate surface area is 144 Å². The largest absolute Gasteiger partial charge is 0.383 e. The van der Waals surface area contributed by atoms with E-state index < -0.39 is 0 Å². The van der Waals surface area contributed by atoms with Gasteiger partial charge in [0.05, 0.1) is 11.3 Å². The number of para-hydroxylation sites is 1. The van der Waals surface area contributed by atoms with E-state index in [0.29, 0.717) is 11.5 Å². The van der Waals surface area contributed by atoms with E-state index in [9.17, 15) is 4.39 Å². The molecule has 0 spiro atoms. The summed E-state index contributed by atoms with van der Waals surface area (Å²) in [5, 5.41) is 4.71. The van der Waals surface area contributed by atoms with Gasteiger partial charge in [0.25, 0.3) is 0 Å². The first-order valence-electron chi connectivity index (χ1n) is 7.84. The van der Waals surface area contributed by atoms with E-state index >= 15 is 0 Å². The minimum Gasteiger partial charge on any atom is -0.383 e. The lowest BCUT2D eigenvalue weighted by atomic mass is 10.0. The highest BCUT2D eigenvalue weighted by Gasteiger charge is 2.19. The maximum atomic E-state index is 13.3. The standard InChI is InChI=1S/C20H15FN4/c21-16-8-6-15(7-9-16)19-18(14-10-12-23-13-11-14)20(22)25(24-19)17-4-2-1-3-5-17/h1-13H,22H2. The second kappa shape index (κ2) is 6.20. The number of pyridine rings is 1. The number of benzene rings is 2. The molecule has 0 radical (unpaired) electrons. The van der Waals surface area contributed by atoms with Gasteiger partial charge in [0.15, 0.2) is 0 Å². The zero-order chi connectivity index (χ0) is 17.2. The summed E-state index contributed by atoms with van der Waals surface area (Å²) in [6, 6.07) is 19.7. The third-order valence-electron chi connectivity index (χ3n) is 4.01. The molecule has 0 saturated heterocycles. The van der Waals surface area contributed by atoms with Crippen molar-refractivity contribution in [1.29, 1.82) is 0 Å². The molecule has 4 aromatic rings. The fourth-order valence-electron chi connectivity index (χ4n) is 2.81. The number of anilines is 1. The van der Waals surface area contributed by atoms with Crippen LogP contribution in [0.3, 0.4) is 0 Å². The van der Waals surface area contributed by atoms with Crippen molar-refractivity contribution in [2.75, 3.05) is 5.73 Å². The smallest absolute Gasteiger partial charge is 0.135 e. The van der Waals surface area contributed by atoms with Crippen molar-refractivity contribution in [3.8, 4) is 28.1 Å². The molecule has 122 valence electrons. The molecule has 0 fully saturated rings. The van der Waals surface area contributed by atoms with Crippen LogP contribution in [0.15, 0.2) is 79.1 Å². The van der Waals surface area contributed by atoms with E-state index in [0.717, 1.165) is 22.4 Å². The molecule has 0 bridgehead atoms. The van der Waals surface area contributed by atoms with Gasteiger partial charge in [0.2, 0.25) is 0 Å². The number of hydrogen-bond acceptors (Lipinski definition) is 3. The summed E-state index contributed by atoms with van der Waals surface area (Å²) in [7, 11) is 0. The van der Waals surface area contributed by atoms with E-state index in [1.54, 1.807) is 29.2 Å². The van der Waals surface area contributed by atoms with Crippen molar-refractivity contribution in [2.45, 2.75) is 0 Å². The average molecular weight is 330 g/mol. The monoisotopic (exact) mass is 330 g/mol. The zero-order valence-electron chi connectivity index (χ0n) is 13.3. The van der Waals surface area contributed by atoms with Crippen molar-refractivity contribution >= 4 is 5.82 Å². The van der Waals surface area contributed by atoms with Gasteiger partial charge >= 0.3 is 0 Å². The summed E-state index contributed by atoms with van der Waals surface area (Å²) in [5.74, 6) is 0.237. The van der Waals surface area contributed by atoms with E-state index in [2.05, 4.69) is 4.98 Å². The fraction of sp³-hybridized carbons (Fsp3) is 0. The van der Waals surface area contributed by atoms with Gasteiger partial charge in [-0.3, -0.25) is 4.98 Å². The normalized spacial score (nSPS) is 10.8. The van der Waals surface area contributed by atoms with Crippen LogP contribution in [0.1, 0.15) is 0 Å². The third-order valence-corrected chi connectivity index (χ3v) is 4.01. The molecule has 4 rings (SSSR count). The topological polar surface area (TPSA) is 56.7 Å². The Morgan fingerprint density at radius 3 is 2.16 bits per heavy atom. The predicted molar refractivity (Wildman–Crippen MR) is 96.6 cm³/mol. The van der Waals surface area contributed by atoms with Crippen molar-refractivity contribution in [3.05, 3.63) is 84.9 Å². The summed E-state index contributed by atoms with van der Waals surface area (Å²) < 4.78 is 15.0. The van der Waals surface area contributed by atoms with Crippen LogP contribution in [-0.2, 0) is 0 Å². The van der Waals surface area contributed by atoms with E-state index in [4.69, 9.17) is 10.8 Å². The van der Waals surface area contributed by atoms with Crippen molar-refractivity contribution < 1.29 is 4.39 Å². The maximum Gasteiger partial charge on any atom is 0.135 e. The number of rotatable bonds is 3. The Morgan fingerprint density at radius 2 is 1.48 bits per heavy atom. The quantitative estimate of drug-likeness (QED) is 0.608. The Kier molecular flexibility index (Phi) is 3.74. The number of halogens is 1. The van der Waals surface area contributed by atoms with E-state index in [1.165, 1.54) is 12.1 Å². The van der Waals surface area contributed by atoms with Gasteiger partial charge in [-0.15, -0.1) is 0 Å². The maximum absolute atomic E-state index is 13.3. The number of aromatic nitrogens is 3. The van der Waals surface area contributed by atoms with Gasteiger partial charge < -0.3 is 5.73 Å².